The van der Waals surface area contributed by atoms with E-state index in [9.17, 15) is 0 Å². The Labute approximate surface area is 188 Å². The maximum atomic E-state index is 4.01. The molecule has 1 unspecified atom stereocenters. The van der Waals surface area contributed by atoms with Crippen LogP contribution >= 0.6 is 0 Å². The van der Waals surface area contributed by atoms with Gasteiger partial charge >= 0.3 is 0 Å². The quantitative estimate of drug-likeness (QED) is 0.369. The minimum atomic E-state index is 0.223. The van der Waals surface area contributed by atoms with E-state index in [4.69, 9.17) is 0 Å². The van der Waals surface area contributed by atoms with Crippen molar-refractivity contribution in [2.24, 2.45) is 0 Å². The maximum absolute atomic E-state index is 4.01. The van der Waals surface area contributed by atoms with Gasteiger partial charge in [0.15, 0.2) is 0 Å². The number of hydrogen-bond donors (Lipinski definition) is 4. The summed E-state index contributed by atoms with van der Waals surface area (Å²) in [6.07, 6.45) is 11.4. The summed E-state index contributed by atoms with van der Waals surface area (Å²) in [4.78, 5) is 0. The van der Waals surface area contributed by atoms with Crippen LogP contribution in [0.2, 0.25) is 0 Å². The molecule has 0 aliphatic carbocycles. The number of rotatable bonds is 10. The number of unbranched alkanes of at least 4 members (excludes halogenated alkanes) is 2. The third-order valence-corrected chi connectivity index (χ3v) is 7.01. The Kier molecular flexibility index (Phi) is 8.86. The minimum absolute atomic E-state index is 0.223. The van der Waals surface area contributed by atoms with Crippen molar-refractivity contribution in [1.29, 1.82) is 0 Å². The zero-order chi connectivity index (χ0) is 22.6. The molecular weight excluding hydrogens is 368 g/mol. The summed E-state index contributed by atoms with van der Waals surface area (Å²) in [5.74, 6) is 0. The lowest BCUT2D eigenvalue weighted by atomic mass is 9.79. The van der Waals surface area contributed by atoms with E-state index in [0.29, 0.717) is 18.1 Å². The van der Waals surface area contributed by atoms with E-state index in [1.807, 2.05) is 0 Å². The zero-order valence-electron chi connectivity index (χ0n) is 21.8. The molecular formula is C26H54N4. The normalized spacial score (nSPS) is 27.1. The van der Waals surface area contributed by atoms with Crippen LogP contribution in [0.3, 0.4) is 0 Å². The molecule has 0 aromatic heterocycles. The van der Waals surface area contributed by atoms with E-state index in [1.165, 1.54) is 57.8 Å². The van der Waals surface area contributed by atoms with Crippen LogP contribution in [0.5, 0.6) is 0 Å². The van der Waals surface area contributed by atoms with E-state index in [2.05, 4.69) is 83.6 Å². The predicted molar refractivity (Wildman–Crippen MR) is 132 cm³/mol. The van der Waals surface area contributed by atoms with Crippen molar-refractivity contribution in [2.45, 2.75) is 160 Å². The summed E-state index contributed by atoms with van der Waals surface area (Å²) < 4.78 is 0. The highest BCUT2D eigenvalue weighted by molar-refractivity contribution is 5.00. The first-order valence-electron chi connectivity index (χ1n) is 12.8. The van der Waals surface area contributed by atoms with Crippen LogP contribution in [0.4, 0.5) is 0 Å². The SMILES string of the molecule is CCC(CCCCCNC1CC(C)(C)NC(C)(C)C1)NC1CC(C)(C)NC(C)(C)C1. The van der Waals surface area contributed by atoms with Crippen LogP contribution in [0.15, 0.2) is 0 Å². The third-order valence-electron chi connectivity index (χ3n) is 7.01. The van der Waals surface area contributed by atoms with Gasteiger partial charge in [0.25, 0.3) is 0 Å². The molecule has 2 rings (SSSR count). The van der Waals surface area contributed by atoms with Crippen molar-refractivity contribution < 1.29 is 0 Å². The molecule has 2 fully saturated rings. The first-order chi connectivity index (χ1) is 13.7. The molecule has 0 aromatic rings. The van der Waals surface area contributed by atoms with Gasteiger partial charge in [0.05, 0.1) is 0 Å². The lowest BCUT2D eigenvalue weighted by Crippen LogP contribution is -2.62. The zero-order valence-corrected chi connectivity index (χ0v) is 21.8. The first-order valence-corrected chi connectivity index (χ1v) is 12.8. The molecule has 2 heterocycles. The highest BCUT2D eigenvalue weighted by Crippen LogP contribution is 2.30. The first kappa shape index (κ1) is 26.1. The van der Waals surface area contributed by atoms with Gasteiger partial charge in [0.2, 0.25) is 0 Å². The fourth-order valence-corrected chi connectivity index (χ4v) is 6.64. The highest BCUT2D eigenvalue weighted by Gasteiger charge is 2.38. The third kappa shape index (κ3) is 9.14. The van der Waals surface area contributed by atoms with Gasteiger partial charge in [-0.2, -0.15) is 0 Å². The van der Waals surface area contributed by atoms with Gasteiger partial charge in [0, 0.05) is 40.3 Å². The standard InChI is InChI=1S/C26H54N4/c1-10-20(28-22-18-25(6,7)30-26(8,9)19-22)14-12-11-13-15-27-21-16-23(2,3)29-24(4,5)17-21/h20-22,27-30H,10-19H2,1-9H3. The van der Waals surface area contributed by atoms with Crippen LogP contribution < -0.4 is 21.3 Å². The van der Waals surface area contributed by atoms with Crippen LogP contribution in [-0.4, -0.2) is 46.8 Å². The smallest absolute Gasteiger partial charge is 0.0144 e. The molecule has 0 saturated carbocycles. The Morgan fingerprint density at radius 2 is 1.17 bits per heavy atom. The average Bonchev–Trinajstić information content (AvgIpc) is 2.51. The summed E-state index contributed by atoms with van der Waals surface area (Å²) in [7, 11) is 0. The maximum Gasteiger partial charge on any atom is 0.0144 e. The molecule has 0 radical (unpaired) electrons. The van der Waals surface area contributed by atoms with Crippen molar-refractivity contribution in [3.05, 3.63) is 0 Å². The number of hydrogen-bond acceptors (Lipinski definition) is 4. The Morgan fingerprint density at radius 3 is 1.63 bits per heavy atom. The lowest BCUT2D eigenvalue weighted by Gasteiger charge is -2.47. The summed E-state index contributed by atoms with van der Waals surface area (Å²) in [6.45, 7) is 22.3. The number of piperidine rings is 2. The summed E-state index contributed by atoms with van der Waals surface area (Å²) in [5.41, 5.74) is 0.913. The molecule has 2 aliphatic rings. The molecule has 0 aromatic carbocycles. The van der Waals surface area contributed by atoms with Crippen molar-refractivity contribution >= 4 is 0 Å². The summed E-state index contributed by atoms with van der Waals surface area (Å²) >= 11 is 0. The molecule has 0 bridgehead atoms. The van der Waals surface area contributed by atoms with Gasteiger partial charge in [-0.05, 0) is 107 Å². The lowest BCUT2D eigenvalue weighted by molar-refractivity contribution is 0.137. The second-order valence-electron chi connectivity index (χ2n) is 13.1. The van der Waals surface area contributed by atoms with Gasteiger partial charge in [0.1, 0.15) is 0 Å². The van der Waals surface area contributed by atoms with Crippen LogP contribution in [-0.2, 0) is 0 Å². The minimum Gasteiger partial charge on any atom is -0.314 e. The second-order valence-corrected chi connectivity index (χ2v) is 13.1. The van der Waals surface area contributed by atoms with Crippen LogP contribution in [0, 0.1) is 0 Å². The molecule has 2 saturated heterocycles. The summed E-state index contributed by atoms with van der Waals surface area (Å²) in [5, 5.41) is 15.5. The van der Waals surface area contributed by atoms with Gasteiger partial charge in [-0.25, -0.2) is 0 Å². The molecule has 0 spiro atoms. The van der Waals surface area contributed by atoms with E-state index >= 15 is 0 Å². The molecule has 30 heavy (non-hydrogen) atoms. The monoisotopic (exact) mass is 422 g/mol. The Morgan fingerprint density at radius 1 is 0.700 bits per heavy atom. The Bertz CT molecular complexity index is 491. The van der Waals surface area contributed by atoms with Crippen molar-refractivity contribution in [2.75, 3.05) is 6.54 Å². The van der Waals surface area contributed by atoms with Crippen molar-refractivity contribution in [3.63, 3.8) is 0 Å². The largest absolute Gasteiger partial charge is 0.314 e. The van der Waals surface area contributed by atoms with Crippen LogP contribution in [0.25, 0.3) is 0 Å². The average molecular weight is 423 g/mol. The van der Waals surface area contributed by atoms with Gasteiger partial charge in [-0.3, -0.25) is 0 Å². The van der Waals surface area contributed by atoms with Gasteiger partial charge in [-0.15, -0.1) is 0 Å². The number of nitrogens with one attached hydrogen (secondary N) is 4. The molecule has 2 aliphatic heterocycles. The van der Waals surface area contributed by atoms with E-state index in [-0.39, 0.29) is 22.2 Å². The molecule has 1 atom stereocenters. The van der Waals surface area contributed by atoms with E-state index in [0.717, 1.165) is 6.54 Å². The Balaban J connectivity index is 1.64. The fourth-order valence-electron chi connectivity index (χ4n) is 6.64. The van der Waals surface area contributed by atoms with Crippen molar-refractivity contribution in [3.8, 4) is 0 Å². The second kappa shape index (κ2) is 10.2. The molecule has 4 heteroatoms. The molecule has 0 amide bonds. The Hall–Kier alpha value is -0.160. The predicted octanol–water partition coefficient (Wildman–Crippen LogP) is 5.12. The van der Waals surface area contributed by atoms with Gasteiger partial charge in [-0.1, -0.05) is 19.8 Å². The van der Waals surface area contributed by atoms with E-state index in [1.54, 1.807) is 0 Å². The molecule has 4 N–H and O–H groups in total. The molecule has 4 nitrogen and oxygen atoms in total. The van der Waals surface area contributed by atoms with Gasteiger partial charge < -0.3 is 21.3 Å². The van der Waals surface area contributed by atoms with Crippen molar-refractivity contribution in [1.82, 2.24) is 21.3 Å². The molecule has 178 valence electrons. The topological polar surface area (TPSA) is 48.1 Å². The fraction of sp³-hybridized carbons (Fsp3) is 1.00. The van der Waals surface area contributed by atoms with Crippen LogP contribution in [0.1, 0.15) is 120 Å². The highest BCUT2D eigenvalue weighted by atomic mass is 15.1. The van der Waals surface area contributed by atoms with E-state index < -0.39 is 0 Å². The summed E-state index contributed by atoms with van der Waals surface area (Å²) in [6, 6.07) is 1.95.